The Morgan fingerprint density at radius 3 is 2.41 bits per heavy atom. The van der Waals surface area contributed by atoms with E-state index in [1.807, 2.05) is 38.1 Å². The van der Waals surface area contributed by atoms with Crippen molar-refractivity contribution in [1.29, 1.82) is 0 Å². The van der Waals surface area contributed by atoms with Crippen LogP contribution in [0.2, 0.25) is 0 Å². The zero-order valence-corrected chi connectivity index (χ0v) is 16.4. The Morgan fingerprint density at radius 2 is 1.74 bits per heavy atom. The van der Waals surface area contributed by atoms with Gasteiger partial charge in [-0.05, 0) is 37.1 Å². The van der Waals surface area contributed by atoms with Crippen molar-refractivity contribution in [3.8, 4) is 10.6 Å². The molecular formula is C19H18F2N2O2S2. The SMILES string of the molecule is Cc1ccccc1-c1nc(C)c(CNS(=O)(=O)Cc2cc(F)cc(F)c2)s1. The van der Waals surface area contributed by atoms with Gasteiger partial charge < -0.3 is 0 Å². The number of hydrogen-bond acceptors (Lipinski definition) is 4. The normalized spacial score (nSPS) is 11.7. The number of nitrogens with one attached hydrogen (secondary N) is 1. The first-order valence-corrected chi connectivity index (χ1v) is 10.6. The third-order valence-corrected chi connectivity index (χ3v) is 6.49. The second kappa shape index (κ2) is 7.84. The summed E-state index contributed by atoms with van der Waals surface area (Å²) >= 11 is 1.42. The fourth-order valence-corrected chi connectivity index (χ4v) is 4.92. The van der Waals surface area contributed by atoms with E-state index in [0.717, 1.165) is 38.8 Å². The molecule has 0 bridgehead atoms. The van der Waals surface area contributed by atoms with E-state index >= 15 is 0 Å². The molecule has 8 heteroatoms. The first kappa shape index (κ1) is 19.6. The summed E-state index contributed by atoms with van der Waals surface area (Å²) in [5.74, 6) is -2.10. The molecule has 0 aliphatic carbocycles. The van der Waals surface area contributed by atoms with E-state index in [-0.39, 0.29) is 12.1 Å². The van der Waals surface area contributed by atoms with Crippen molar-refractivity contribution >= 4 is 21.4 Å². The van der Waals surface area contributed by atoms with Crippen LogP contribution in [-0.2, 0) is 22.3 Å². The van der Waals surface area contributed by atoms with E-state index in [0.29, 0.717) is 6.07 Å². The molecule has 0 saturated heterocycles. The molecule has 0 saturated carbocycles. The smallest absolute Gasteiger partial charge is 0.216 e. The third-order valence-electron chi connectivity index (χ3n) is 4.00. The predicted molar refractivity (Wildman–Crippen MR) is 103 cm³/mol. The number of aromatic nitrogens is 1. The van der Waals surface area contributed by atoms with E-state index < -0.39 is 27.4 Å². The first-order chi connectivity index (χ1) is 12.7. The molecule has 1 aromatic heterocycles. The third kappa shape index (κ3) is 4.97. The Labute approximate surface area is 161 Å². The fraction of sp³-hybridized carbons (Fsp3) is 0.211. The molecule has 1 N–H and O–H groups in total. The van der Waals surface area contributed by atoms with Gasteiger partial charge in [0.1, 0.15) is 16.6 Å². The van der Waals surface area contributed by atoms with Crippen molar-refractivity contribution in [2.75, 3.05) is 0 Å². The maximum absolute atomic E-state index is 13.2. The molecule has 1 heterocycles. The predicted octanol–water partition coefficient (Wildman–Crippen LogP) is 4.32. The van der Waals surface area contributed by atoms with Crippen LogP contribution < -0.4 is 4.72 Å². The summed E-state index contributed by atoms with van der Waals surface area (Å²) in [6, 6.07) is 10.6. The highest BCUT2D eigenvalue weighted by Gasteiger charge is 2.16. The quantitative estimate of drug-likeness (QED) is 0.661. The molecule has 2 aromatic carbocycles. The molecule has 0 aliphatic heterocycles. The Bertz CT molecular complexity index is 1060. The topological polar surface area (TPSA) is 59.1 Å². The molecule has 0 atom stereocenters. The Balaban J connectivity index is 1.73. The van der Waals surface area contributed by atoms with Crippen molar-refractivity contribution in [3.63, 3.8) is 0 Å². The minimum atomic E-state index is -3.75. The lowest BCUT2D eigenvalue weighted by atomic mass is 10.1. The van der Waals surface area contributed by atoms with Crippen LogP contribution in [0.15, 0.2) is 42.5 Å². The summed E-state index contributed by atoms with van der Waals surface area (Å²) in [6.45, 7) is 3.89. The zero-order valence-electron chi connectivity index (χ0n) is 14.8. The van der Waals surface area contributed by atoms with Crippen molar-refractivity contribution < 1.29 is 17.2 Å². The molecule has 0 amide bonds. The maximum atomic E-state index is 13.2. The number of aryl methyl sites for hydroxylation is 2. The average Bonchev–Trinajstić information content (AvgIpc) is 2.93. The number of rotatable bonds is 6. The molecule has 0 spiro atoms. The van der Waals surface area contributed by atoms with Gasteiger partial charge in [0, 0.05) is 23.1 Å². The molecule has 142 valence electrons. The summed E-state index contributed by atoms with van der Waals surface area (Å²) in [5.41, 5.74) is 2.90. The lowest BCUT2D eigenvalue weighted by Crippen LogP contribution is -2.24. The van der Waals surface area contributed by atoms with Crippen LogP contribution in [0.5, 0.6) is 0 Å². The molecule has 3 rings (SSSR count). The molecule has 0 unspecified atom stereocenters. The van der Waals surface area contributed by atoms with E-state index in [4.69, 9.17) is 0 Å². The lowest BCUT2D eigenvalue weighted by molar-refractivity contribution is 0.574. The average molecular weight is 408 g/mol. The summed E-state index contributed by atoms with van der Waals surface area (Å²) in [5, 5.41) is 0.826. The number of hydrogen-bond donors (Lipinski definition) is 1. The summed E-state index contributed by atoms with van der Waals surface area (Å²) < 4.78 is 53.5. The van der Waals surface area contributed by atoms with Crippen LogP contribution in [0.3, 0.4) is 0 Å². The Morgan fingerprint density at radius 1 is 1.07 bits per heavy atom. The van der Waals surface area contributed by atoms with Gasteiger partial charge >= 0.3 is 0 Å². The summed E-state index contributed by atoms with van der Waals surface area (Å²) in [4.78, 5) is 5.33. The molecule has 3 aromatic rings. The number of sulfonamides is 1. The Kier molecular flexibility index (Phi) is 5.69. The van der Waals surface area contributed by atoms with Crippen LogP contribution in [0.4, 0.5) is 8.78 Å². The van der Waals surface area contributed by atoms with Gasteiger partial charge in [0.05, 0.1) is 11.4 Å². The van der Waals surface area contributed by atoms with Gasteiger partial charge in [-0.1, -0.05) is 24.3 Å². The largest absolute Gasteiger partial charge is 0.241 e. The molecular weight excluding hydrogens is 390 g/mol. The molecule has 0 fully saturated rings. The second-order valence-electron chi connectivity index (χ2n) is 6.20. The first-order valence-electron chi connectivity index (χ1n) is 8.18. The summed E-state index contributed by atoms with van der Waals surface area (Å²) in [7, 11) is -3.75. The fourth-order valence-electron chi connectivity index (χ4n) is 2.66. The highest BCUT2D eigenvalue weighted by atomic mass is 32.2. The number of nitrogens with zero attached hydrogens (tertiary/aromatic N) is 1. The van der Waals surface area contributed by atoms with Gasteiger partial charge in [0.2, 0.25) is 10.0 Å². The molecule has 0 aliphatic rings. The minimum absolute atomic E-state index is 0.0571. The molecule has 0 radical (unpaired) electrons. The second-order valence-corrected chi connectivity index (χ2v) is 9.09. The molecule has 4 nitrogen and oxygen atoms in total. The number of benzene rings is 2. The van der Waals surface area contributed by atoms with Crippen LogP contribution in [0.25, 0.3) is 10.6 Å². The van der Waals surface area contributed by atoms with Crippen molar-refractivity contribution in [2.45, 2.75) is 26.1 Å². The highest BCUT2D eigenvalue weighted by Crippen LogP contribution is 2.30. The number of halogens is 2. The van der Waals surface area contributed by atoms with Gasteiger partial charge in [0.25, 0.3) is 0 Å². The van der Waals surface area contributed by atoms with Gasteiger partial charge in [-0.2, -0.15) is 0 Å². The Hall–Kier alpha value is -2.16. The van der Waals surface area contributed by atoms with Gasteiger partial charge in [-0.25, -0.2) is 26.9 Å². The standard InChI is InChI=1S/C19H18F2N2O2S2/c1-12-5-3-4-6-17(12)19-23-13(2)18(26-19)10-22-27(24,25)11-14-7-15(20)9-16(21)8-14/h3-9,22H,10-11H2,1-2H3. The van der Waals surface area contributed by atoms with Crippen LogP contribution in [0, 0.1) is 25.5 Å². The van der Waals surface area contributed by atoms with Gasteiger partial charge in [0.15, 0.2) is 0 Å². The van der Waals surface area contributed by atoms with Crippen molar-refractivity contribution in [2.24, 2.45) is 0 Å². The minimum Gasteiger partial charge on any atom is -0.241 e. The van der Waals surface area contributed by atoms with Crippen LogP contribution >= 0.6 is 11.3 Å². The monoisotopic (exact) mass is 408 g/mol. The van der Waals surface area contributed by atoms with E-state index in [2.05, 4.69) is 9.71 Å². The maximum Gasteiger partial charge on any atom is 0.216 e. The lowest BCUT2D eigenvalue weighted by Gasteiger charge is -2.06. The van der Waals surface area contributed by atoms with E-state index in [1.165, 1.54) is 11.3 Å². The van der Waals surface area contributed by atoms with Crippen molar-refractivity contribution in [1.82, 2.24) is 9.71 Å². The zero-order chi connectivity index (χ0) is 19.6. The van der Waals surface area contributed by atoms with Gasteiger partial charge in [-0.3, -0.25) is 0 Å². The molecule has 27 heavy (non-hydrogen) atoms. The van der Waals surface area contributed by atoms with Crippen molar-refractivity contribution in [3.05, 3.63) is 75.8 Å². The number of thiazole rings is 1. The van der Waals surface area contributed by atoms with Crippen LogP contribution in [0.1, 0.15) is 21.7 Å². The summed E-state index contributed by atoms with van der Waals surface area (Å²) in [6.07, 6.45) is 0. The highest BCUT2D eigenvalue weighted by molar-refractivity contribution is 7.88. The van der Waals surface area contributed by atoms with Crippen LogP contribution in [-0.4, -0.2) is 13.4 Å². The van der Waals surface area contributed by atoms with E-state index in [1.54, 1.807) is 0 Å². The van der Waals surface area contributed by atoms with Gasteiger partial charge in [-0.15, -0.1) is 11.3 Å². The van der Waals surface area contributed by atoms with E-state index in [9.17, 15) is 17.2 Å².